The van der Waals surface area contributed by atoms with Gasteiger partial charge in [0.05, 0.1) is 9.26 Å². The Morgan fingerprint density at radius 2 is 1.90 bits per heavy atom. The molecule has 1 aromatic rings. The summed E-state index contributed by atoms with van der Waals surface area (Å²) in [5, 5.41) is 3.38. The Kier molecular flexibility index (Phi) is 6.22. The highest BCUT2D eigenvalue weighted by atomic mass is 127. The fourth-order valence-corrected chi connectivity index (χ4v) is 3.73. The summed E-state index contributed by atoms with van der Waals surface area (Å²) < 4.78 is 7.07. The highest BCUT2D eigenvalue weighted by Gasteiger charge is 2.37. The van der Waals surface area contributed by atoms with Crippen molar-refractivity contribution in [3.63, 3.8) is 0 Å². The van der Waals surface area contributed by atoms with Crippen LogP contribution in [0, 0.1) is 3.57 Å². The maximum atomic E-state index is 5.92. The first-order valence-electron chi connectivity index (χ1n) is 8.02. The molecule has 0 bridgehead atoms. The van der Waals surface area contributed by atoms with E-state index >= 15 is 0 Å². The van der Waals surface area contributed by atoms with E-state index in [2.05, 4.69) is 41.8 Å². The van der Waals surface area contributed by atoms with Crippen LogP contribution in [0.1, 0.15) is 63.9 Å². The summed E-state index contributed by atoms with van der Waals surface area (Å²) in [7, 11) is 1.80. The number of rotatable bonds is 6. The van der Waals surface area contributed by atoms with E-state index < -0.39 is 0 Å². The molecule has 1 heterocycles. The maximum Gasteiger partial charge on any atom is 0.162 e. The highest BCUT2D eigenvalue weighted by Crippen LogP contribution is 2.39. The third-order valence-corrected chi connectivity index (χ3v) is 5.34. The van der Waals surface area contributed by atoms with E-state index in [1.54, 1.807) is 7.11 Å². The molecule has 1 fully saturated rings. The molecule has 0 saturated heterocycles. The van der Waals surface area contributed by atoms with E-state index in [1.165, 1.54) is 19.3 Å². The summed E-state index contributed by atoms with van der Waals surface area (Å²) in [6.45, 7) is 5.17. The molecule has 1 aromatic heterocycles. The molecule has 0 spiro atoms. The molecule has 0 radical (unpaired) electrons. The SMILES string of the molecule is CCCc1nc(C2(OC)CCCCC2)nc(NCC)c1I. The van der Waals surface area contributed by atoms with E-state index in [0.29, 0.717) is 0 Å². The van der Waals surface area contributed by atoms with Crippen LogP contribution >= 0.6 is 22.6 Å². The average molecular weight is 403 g/mol. The van der Waals surface area contributed by atoms with Gasteiger partial charge < -0.3 is 10.1 Å². The van der Waals surface area contributed by atoms with E-state index in [0.717, 1.165) is 53.1 Å². The lowest BCUT2D eigenvalue weighted by molar-refractivity contribution is -0.0515. The number of nitrogens with zero attached hydrogens (tertiary/aromatic N) is 2. The molecule has 0 atom stereocenters. The van der Waals surface area contributed by atoms with E-state index in [4.69, 9.17) is 14.7 Å². The van der Waals surface area contributed by atoms with Crippen molar-refractivity contribution >= 4 is 28.4 Å². The van der Waals surface area contributed by atoms with Crippen LogP contribution in [0.25, 0.3) is 0 Å². The number of anilines is 1. The van der Waals surface area contributed by atoms with Crippen molar-refractivity contribution < 1.29 is 4.74 Å². The number of aryl methyl sites for hydroxylation is 1. The average Bonchev–Trinajstić information content (AvgIpc) is 2.52. The van der Waals surface area contributed by atoms with Crippen molar-refractivity contribution in [3.8, 4) is 0 Å². The monoisotopic (exact) mass is 403 g/mol. The van der Waals surface area contributed by atoms with Gasteiger partial charge in [-0.2, -0.15) is 0 Å². The van der Waals surface area contributed by atoms with Gasteiger partial charge in [-0.25, -0.2) is 9.97 Å². The van der Waals surface area contributed by atoms with Crippen LogP contribution in [0.3, 0.4) is 0 Å². The van der Waals surface area contributed by atoms with Gasteiger partial charge >= 0.3 is 0 Å². The predicted octanol–water partition coefficient (Wildman–Crippen LogP) is 4.27. The number of methoxy groups -OCH3 is 1. The Bertz CT molecular complexity index is 446. The second kappa shape index (κ2) is 7.72. The first kappa shape index (κ1) is 16.9. The molecule has 2 rings (SSSR count). The Labute approximate surface area is 141 Å². The second-order valence-corrected chi connectivity index (χ2v) is 6.77. The van der Waals surface area contributed by atoms with Gasteiger partial charge in [0.2, 0.25) is 0 Å². The number of halogens is 1. The van der Waals surface area contributed by atoms with Gasteiger partial charge in [0, 0.05) is 13.7 Å². The van der Waals surface area contributed by atoms with Crippen molar-refractivity contribution in [2.24, 2.45) is 0 Å². The number of hydrogen-bond acceptors (Lipinski definition) is 4. The standard InChI is InChI=1S/C16H26IN3O/c1-4-9-12-13(17)14(18-5-2)20-15(19-12)16(21-3)10-7-6-8-11-16/h4-11H2,1-3H3,(H,18,19,20). The molecule has 5 heteroatoms. The molecule has 0 aliphatic heterocycles. The van der Waals surface area contributed by atoms with Gasteiger partial charge in [0.15, 0.2) is 5.82 Å². The predicted molar refractivity (Wildman–Crippen MR) is 94.7 cm³/mol. The maximum absolute atomic E-state index is 5.92. The fraction of sp³-hybridized carbons (Fsp3) is 0.750. The van der Waals surface area contributed by atoms with Gasteiger partial charge in [0.25, 0.3) is 0 Å². The normalized spacial score (nSPS) is 17.7. The van der Waals surface area contributed by atoms with E-state index in [-0.39, 0.29) is 5.60 Å². The van der Waals surface area contributed by atoms with Gasteiger partial charge in [-0.05, 0) is 48.8 Å². The molecular weight excluding hydrogens is 377 g/mol. The molecule has 0 unspecified atom stereocenters. The molecule has 0 amide bonds. The van der Waals surface area contributed by atoms with Gasteiger partial charge in [-0.1, -0.05) is 32.6 Å². The van der Waals surface area contributed by atoms with Crippen LogP contribution in [0.4, 0.5) is 5.82 Å². The Morgan fingerprint density at radius 1 is 1.19 bits per heavy atom. The van der Waals surface area contributed by atoms with Crippen molar-refractivity contribution in [2.75, 3.05) is 19.0 Å². The lowest BCUT2D eigenvalue weighted by Gasteiger charge is -2.35. The summed E-state index contributed by atoms with van der Waals surface area (Å²) >= 11 is 2.36. The third-order valence-electron chi connectivity index (χ3n) is 4.21. The molecule has 1 aliphatic carbocycles. The molecule has 118 valence electrons. The minimum absolute atomic E-state index is 0.282. The van der Waals surface area contributed by atoms with E-state index in [9.17, 15) is 0 Å². The van der Waals surface area contributed by atoms with Gasteiger partial charge in [-0.15, -0.1) is 0 Å². The van der Waals surface area contributed by atoms with Crippen molar-refractivity contribution in [3.05, 3.63) is 15.1 Å². The smallest absolute Gasteiger partial charge is 0.162 e. The van der Waals surface area contributed by atoms with Gasteiger partial charge in [0.1, 0.15) is 11.4 Å². The fourth-order valence-electron chi connectivity index (χ4n) is 3.03. The Balaban J connectivity index is 2.45. The summed E-state index contributed by atoms with van der Waals surface area (Å²) in [6.07, 6.45) is 7.83. The Morgan fingerprint density at radius 3 is 2.48 bits per heavy atom. The second-order valence-electron chi connectivity index (χ2n) is 5.70. The van der Waals surface area contributed by atoms with Crippen LogP contribution in [0.15, 0.2) is 0 Å². The van der Waals surface area contributed by atoms with Crippen molar-refractivity contribution in [1.82, 2.24) is 9.97 Å². The molecule has 4 nitrogen and oxygen atoms in total. The van der Waals surface area contributed by atoms with E-state index in [1.807, 2.05) is 0 Å². The lowest BCUT2D eigenvalue weighted by Crippen LogP contribution is -2.34. The topological polar surface area (TPSA) is 47.0 Å². The summed E-state index contributed by atoms with van der Waals surface area (Å²) in [4.78, 5) is 9.70. The third kappa shape index (κ3) is 3.67. The number of nitrogens with one attached hydrogen (secondary N) is 1. The minimum atomic E-state index is -0.282. The zero-order valence-electron chi connectivity index (χ0n) is 13.3. The number of ether oxygens (including phenoxy) is 1. The summed E-state index contributed by atoms with van der Waals surface area (Å²) in [6, 6.07) is 0. The number of hydrogen-bond donors (Lipinski definition) is 1. The van der Waals surface area contributed by atoms with Crippen LogP contribution in [0.5, 0.6) is 0 Å². The first-order valence-corrected chi connectivity index (χ1v) is 9.10. The quantitative estimate of drug-likeness (QED) is 0.721. The lowest BCUT2D eigenvalue weighted by atomic mass is 9.84. The minimum Gasteiger partial charge on any atom is -0.370 e. The van der Waals surface area contributed by atoms with Crippen LogP contribution in [-0.2, 0) is 16.8 Å². The molecule has 21 heavy (non-hydrogen) atoms. The van der Waals surface area contributed by atoms with Crippen LogP contribution in [0.2, 0.25) is 0 Å². The van der Waals surface area contributed by atoms with Crippen molar-refractivity contribution in [1.29, 1.82) is 0 Å². The summed E-state index contributed by atoms with van der Waals surface area (Å²) in [5.41, 5.74) is 0.871. The van der Waals surface area contributed by atoms with Gasteiger partial charge in [-0.3, -0.25) is 0 Å². The highest BCUT2D eigenvalue weighted by molar-refractivity contribution is 14.1. The summed E-state index contributed by atoms with van der Waals surface area (Å²) in [5.74, 6) is 1.85. The Hall–Kier alpha value is -0.430. The van der Waals surface area contributed by atoms with Crippen molar-refractivity contribution in [2.45, 2.75) is 64.4 Å². The first-order chi connectivity index (χ1) is 10.2. The van der Waals surface area contributed by atoms with Crippen LogP contribution in [-0.4, -0.2) is 23.6 Å². The molecule has 1 saturated carbocycles. The molecule has 1 N–H and O–H groups in total. The molecule has 0 aromatic carbocycles. The number of aromatic nitrogens is 2. The molecular formula is C16H26IN3O. The van der Waals surface area contributed by atoms with Crippen LogP contribution < -0.4 is 5.32 Å². The zero-order chi connectivity index (χ0) is 15.3. The zero-order valence-corrected chi connectivity index (χ0v) is 15.5. The largest absolute Gasteiger partial charge is 0.370 e. The molecule has 1 aliphatic rings.